The van der Waals surface area contributed by atoms with Gasteiger partial charge in [-0.2, -0.15) is 4.98 Å². The predicted octanol–water partition coefficient (Wildman–Crippen LogP) is 7.09. The molecule has 5 aromatic rings. The van der Waals surface area contributed by atoms with Crippen LogP contribution in [0.25, 0.3) is 11.0 Å². The van der Waals surface area contributed by atoms with E-state index in [0.717, 1.165) is 94.4 Å². The van der Waals surface area contributed by atoms with Gasteiger partial charge in [0.15, 0.2) is 11.4 Å². The highest BCUT2D eigenvalue weighted by Gasteiger charge is 2.50. The second-order valence-corrected chi connectivity index (χ2v) is 24.2. The van der Waals surface area contributed by atoms with Gasteiger partial charge < -0.3 is 43.8 Å². The van der Waals surface area contributed by atoms with Crippen LogP contribution in [0.3, 0.4) is 0 Å². The first-order valence-corrected chi connectivity index (χ1v) is 28.9. The van der Waals surface area contributed by atoms with Crippen LogP contribution in [-0.4, -0.2) is 166 Å². The van der Waals surface area contributed by atoms with E-state index in [-0.39, 0.29) is 53.3 Å². The van der Waals surface area contributed by atoms with Gasteiger partial charge in [-0.05, 0) is 102 Å². The van der Waals surface area contributed by atoms with Gasteiger partial charge in [-0.15, -0.1) is 0 Å². The number of aromatic nitrogens is 2. The first kappa shape index (κ1) is 51.5. The van der Waals surface area contributed by atoms with E-state index in [0.29, 0.717) is 74.4 Å². The van der Waals surface area contributed by atoms with Crippen molar-refractivity contribution in [1.82, 2.24) is 29.4 Å². The molecule has 8 heterocycles. The minimum absolute atomic E-state index is 0.0287. The zero-order chi connectivity index (χ0) is 53.2. The lowest BCUT2D eigenvalue weighted by molar-refractivity contribution is -0.384. The van der Waals surface area contributed by atoms with Crippen molar-refractivity contribution in [2.45, 2.75) is 107 Å². The molecule has 1 amide bonds. The fraction of sp³-hybridized carbons (Fsp3) is 0.536. The Balaban J connectivity index is 0.811. The van der Waals surface area contributed by atoms with Crippen LogP contribution in [0.15, 0.2) is 77.8 Å². The summed E-state index contributed by atoms with van der Waals surface area (Å²) in [7, 11) is -4.71. The third-order valence-electron chi connectivity index (χ3n) is 17.1. The Morgan fingerprint density at radius 1 is 0.922 bits per heavy atom. The van der Waals surface area contributed by atoms with Crippen LogP contribution < -0.4 is 34.0 Å². The van der Waals surface area contributed by atoms with Crippen molar-refractivity contribution in [3.8, 4) is 17.4 Å². The summed E-state index contributed by atoms with van der Waals surface area (Å²) in [5.41, 5.74) is 3.79. The van der Waals surface area contributed by atoms with Crippen LogP contribution in [0.5, 0.6) is 17.4 Å². The number of fused-ring (bicyclic) bond motifs is 4. The molecule has 7 aliphatic rings. The van der Waals surface area contributed by atoms with Gasteiger partial charge in [-0.25, -0.2) is 13.1 Å². The standard InChI is InChI=1S/C56H70N10O10S/c1-35(2)62-20-18-61(19-21-62)31-38-32-74-50-28-41(27-46(66(68)69)52(50)58-38)77(70,71)60-54(67)43-10-9-39(26-45(43)65-44-12-23-72-34-51(44)76-55-47(65)25-37-11-15-57-53(37)59-55)63-16-13-56(14-17-63)29-40(30-56)64-22-24-73-33-48(64)42-7-5-6-8-49(42)75-36(3)4/h5-11,15,25-28,35-36,38,40,44,48,51,58H,12-14,16-24,29-34H2,1-4H3,(H,57,59)(H,60,67)/t38-,44+,48+,51+/m1/s1. The predicted molar refractivity (Wildman–Crippen MR) is 291 cm³/mol. The molecule has 3 N–H and O–H groups in total. The quantitative estimate of drug-likeness (QED) is 0.0794. The molecule has 0 unspecified atom stereocenters. The van der Waals surface area contributed by atoms with Gasteiger partial charge >= 0.3 is 0 Å². The number of ether oxygens (including phenoxy) is 5. The third-order valence-corrected chi connectivity index (χ3v) is 18.4. The van der Waals surface area contributed by atoms with E-state index in [1.54, 1.807) is 6.07 Å². The zero-order valence-corrected chi connectivity index (χ0v) is 45.1. The number of carbonyl (C=O) groups is 1. The fourth-order valence-electron chi connectivity index (χ4n) is 13.0. The van der Waals surface area contributed by atoms with Crippen LogP contribution >= 0.6 is 0 Å². The molecular weight excluding hydrogens is 1000 g/mol. The molecule has 1 spiro atoms. The molecule has 20 nitrogen and oxygen atoms in total. The molecule has 410 valence electrons. The Hall–Kier alpha value is -6.23. The number of hydrogen-bond acceptors (Lipinski definition) is 17. The SMILES string of the molecule is CC(C)Oc1ccccc1[C@@H]1COCCN1C1CC2(CCN(c3ccc(C(=O)NS(=O)(=O)c4cc5c(c([N+](=O)[O-])c4)N[C@H](CN4CCN(C(C)C)CC4)CO5)c(N4c5cc6cc[nH]c6nc5O[C@H]5COCC[C@@H]54)c3)CC2)C1. The number of H-pyrrole nitrogens is 1. The van der Waals surface area contributed by atoms with Gasteiger partial charge in [0, 0.05) is 106 Å². The van der Waals surface area contributed by atoms with Gasteiger partial charge in [0.25, 0.3) is 21.6 Å². The molecule has 5 fully saturated rings. The second-order valence-electron chi connectivity index (χ2n) is 22.6. The maximum atomic E-state index is 14.9. The Bertz CT molecular complexity index is 3130. The minimum atomic E-state index is -4.71. The summed E-state index contributed by atoms with van der Waals surface area (Å²) in [6, 6.07) is 20.5. The number of nitrogens with one attached hydrogen (secondary N) is 3. The van der Waals surface area contributed by atoms with E-state index in [4.69, 9.17) is 28.7 Å². The minimum Gasteiger partial charge on any atom is -0.491 e. The Kier molecular flexibility index (Phi) is 14.0. The summed E-state index contributed by atoms with van der Waals surface area (Å²) in [5.74, 6) is 0.412. The molecule has 1 saturated carbocycles. The first-order chi connectivity index (χ1) is 37.2. The van der Waals surface area contributed by atoms with Crippen LogP contribution in [0.1, 0.15) is 81.8 Å². The highest BCUT2D eigenvalue weighted by Crippen LogP contribution is 2.54. The Morgan fingerprint density at radius 2 is 1.71 bits per heavy atom. The molecule has 4 saturated heterocycles. The van der Waals surface area contributed by atoms with Crippen LogP contribution in [0.4, 0.5) is 28.4 Å². The number of pyridine rings is 1. The number of anilines is 4. The molecule has 0 radical (unpaired) electrons. The molecule has 0 bridgehead atoms. The van der Waals surface area contributed by atoms with E-state index in [1.807, 2.05) is 36.5 Å². The largest absolute Gasteiger partial charge is 0.491 e. The van der Waals surface area contributed by atoms with E-state index in [2.05, 4.69) is 85.4 Å². The molecule has 4 atom stereocenters. The molecule has 77 heavy (non-hydrogen) atoms. The molecule has 6 aliphatic heterocycles. The third kappa shape index (κ3) is 10.1. The summed E-state index contributed by atoms with van der Waals surface area (Å²) in [4.78, 5) is 46.3. The van der Waals surface area contributed by atoms with Gasteiger partial charge in [0.2, 0.25) is 5.88 Å². The first-order valence-electron chi connectivity index (χ1n) is 27.4. The summed E-state index contributed by atoms with van der Waals surface area (Å²) in [6.45, 7) is 17.4. The lowest BCUT2D eigenvalue weighted by Crippen LogP contribution is -2.57. The molecule has 3 aromatic carbocycles. The van der Waals surface area contributed by atoms with Crippen molar-refractivity contribution in [2.75, 3.05) is 101 Å². The van der Waals surface area contributed by atoms with Gasteiger partial charge in [0.05, 0.1) is 65.1 Å². The molecular formula is C56H70N10O10S. The number of nitro groups is 1. The van der Waals surface area contributed by atoms with E-state index in [1.165, 1.54) is 11.6 Å². The number of para-hydroxylation sites is 1. The van der Waals surface area contributed by atoms with Crippen LogP contribution in [0.2, 0.25) is 0 Å². The fourth-order valence-corrected chi connectivity index (χ4v) is 14.0. The van der Waals surface area contributed by atoms with E-state index < -0.39 is 37.5 Å². The Labute approximate surface area is 449 Å². The lowest BCUT2D eigenvalue weighted by Gasteiger charge is -2.57. The maximum absolute atomic E-state index is 14.9. The topological polar surface area (TPSA) is 209 Å². The number of nitro benzene ring substituents is 1. The number of aromatic amines is 1. The number of piperazine rings is 1. The van der Waals surface area contributed by atoms with Crippen LogP contribution in [0, 0.1) is 15.5 Å². The van der Waals surface area contributed by atoms with Crippen molar-refractivity contribution in [3.05, 3.63) is 94.2 Å². The van der Waals surface area contributed by atoms with Crippen molar-refractivity contribution in [2.24, 2.45) is 5.41 Å². The zero-order valence-electron chi connectivity index (χ0n) is 44.3. The number of piperidine rings is 1. The molecule has 12 rings (SSSR count). The number of nitrogens with zero attached hydrogens (tertiary/aromatic N) is 7. The smallest absolute Gasteiger partial charge is 0.297 e. The summed E-state index contributed by atoms with van der Waals surface area (Å²) in [5, 5.41) is 16.8. The molecule has 2 aromatic heterocycles. The second kappa shape index (κ2) is 20.9. The van der Waals surface area contributed by atoms with Crippen LogP contribution in [-0.2, 0) is 19.5 Å². The number of rotatable bonds is 13. The maximum Gasteiger partial charge on any atom is 0.297 e. The van der Waals surface area contributed by atoms with E-state index >= 15 is 0 Å². The average Bonchev–Trinajstić information content (AvgIpc) is 3.96. The lowest BCUT2D eigenvalue weighted by atomic mass is 9.59. The summed E-state index contributed by atoms with van der Waals surface area (Å²) < 4.78 is 62.1. The van der Waals surface area contributed by atoms with Crippen molar-refractivity contribution >= 4 is 55.4 Å². The number of benzene rings is 3. The van der Waals surface area contributed by atoms with Crippen molar-refractivity contribution in [3.63, 3.8) is 0 Å². The monoisotopic (exact) mass is 1070 g/mol. The van der Waals surface area contributed by atoms with Gasteiger partial charge in [-0.1, -0.05) is 18.2 Å². The average molecular weight is 1080 g/mol. The van der Waals surface area contributed by atoms with Gasteiger partial charge in [-0.3, -0.25) is 29.6 Å². The normalized spacial score (nSPS) is 24.1. The molecule has 1 aliphatic carbocycles. The highest BCUT2D eigenvalue weighted by molar-refractivity contribution is 7.90. The van der Waals surface area contributed by atoms with Crippen molar-refractivity contribution < 1.29 is 41.8 Å². The van der Waals surface area contributed by atoms with E-state index in [9.17, 15) is 23.3 Å². The Morgan fingerprint density at radius 3 is 2.49 bits per heavy atom. The molecule has 21 heteroatoms. The number of amides is 1. The number of sulfonamides is 1. The highest BCUT2D eigenvalue weighted by atomic mass is 32.2. The van der Waals surface area contributed by atoms with Crippen molar-refractivity contribution in [1.29, 1.82) is 0 Å². The summed E-state index contributed by atoms with van der Waals surface area (Å²) in [6.07, 6.45) is 6.21. The summed E-state index contributed by atoms with van der Waals surface area (Å²) >= 11 is 0. The number of morpholine rings is 1. The number of carbonyl (C=O) groups excluding carboxylic acids is 1. The number of hydrogen-bond donors (Lipinski definition) is 3. The van der Waals surface area contributed by atoms with Gasteiger partial charge in [0.1, 0.15) is 29.8 Å².